The topological polar surface area (TPSA) is 6.48 Å². The fraction of sp³-hybridized carbons (Fsp3) is 0.818. The fourth-order valence-electron chi connectivity index (χ4n) is 1.96. The van der Waals surface area contributed by atoms with Crippen molar-refractivity contribution >= 4 is 12.6 Å². The van der Waals surface area contributed by atoms with Crippen LogP contribution in [0.2, 0.25) is 0 Å². The van der Waals surface area contributed by atoms with Crippen LogP contribution in [0.5, 0.6) is 0 Å². The van der Waals surface area contributed by atoms with Gasteiger partial charge in [-0.1, -0.05) is 19.1 Å². The molecule has 0 aromatic carbocycles. The van der Waals surface area contributed by atoms with Gasteiger partial charge in [0, 0.05) is 38.0 Å². The van der Waals surface area contributed by atoms with Crippen LogP contribution in [0.25, 0.3) is 0 Å². The third-order valence-corrected chi connectivity index (χ3v) is 3.45. The first-order chi connectivity index (χ1) is 6.67. The Bertz CT molecular complexity index is 194. The summed E-state index contributed by atoms with van der Waals surface area (Å²) in [6.07, 6.45) is 1.24. The average Bonchev–Trinajstić information content (AvgIpc) is 2.20. The number of hydrogen-bond acceptors (Lipinski definition) is 3. The van der Waals surface area contributed by atoms with Crippen LogP contribution in [0.3, 0.4) is 0 Å². The Balaban J connectivity index is 2.38. The second-order valence-electron chi connectivity index (χ2n) is 4.19. The molecular formula is C11H22N2S. The van der Waals surface area contributed by atoms with Gasteiger partial charge >= 0.3 is 0 Å². The summed E-state index contributed by atoms with van der Waals surface area (Å²) in [5.74, 6) is 0.809. The number of thiol groups is 1. The van der Waals surface area contributed by atoms with Gasteiger partial charge in [-0.05, 0) is 13.5 Å². The van der Waals surface area contributed by atoms with Gasteiger partial charge in [-0.15, -0.1) is 0 Å². The highest BCUT2D eigenvalue weighted by Crippen LogP contribution is 2.11. The Morgan fingerprint density at radius 2 is 2.21 bits per heavy atom. The van der Waals surface area contributed by atoms with E-state index >= 15 is 0 Å². The number of piperazine rings is 1. The van der Waals surface area contributed by atoms with Gasteiger partial charge in [0.1, 0.15) is 0 Å². The predicted octanol–water partition coefficient (Wildman–Crippen LogP) is 1.50. The van der Waals surface area contributed by atoms with E-state index in [1.165, 1.54) is 31.6 Å². The van der Waals surface area contributed by atoms with Crippen molar-refractivity contribution in [2.45, 2.75) is 19.4 Å². The minimum atomic E-state index is 0.719. The lowest BCUT2D eigenvalue weighted by Gasteiger charge is -2.39. The molecule has 0 bridgehead atoms. The Kier molecular flexibility index (Phi) is 4.99. The van der Waals surface area contributed by atoms with Gasteiger partial charge in [-0.2, -0.15) is 12.6 Å². The van der Waals surface area contributed by atoms with Crippen molar-refractivity contribution < 1.29 is 0 Å². The fourth-order valence-corrected chi connectivity index (χ4v) is 2.06. The molecule has 0 saturated carbocycles. The second-order valence-corrected chi connectivity index (χ2v) is 4.50. The summed E-state index contributed by atoms with van der Waals surface area (Å²) in [7, 11) is 2.22. The smallest absolute Gasteiger partial charge is 0.0218 e. The van der Waals surface area contributed by atoms with E-state index in [1.54, 1.807) is 0 Å². The van der Waals surface area contributed by atoms with Crippen LogP contribution in [-0.4, -0.2) is 54.8 Å². The second kappa shape index (κ2) is 5.79. The molecule has 0 aromatic heterocycles. The minimum Gasteiger partial charge on any atom is -0.301 e. The molecule has 1 atom stereocenters. The largest absolute Gasteiger partial charge is 0.301 e. The van der Waals surface area contributed by atoms with E-state index < -0.39 is 0 Å². The third kappa shape index (κ3) is 3.30. The van der Waals surface area contributed by atoms with Gasteiger partial charge in [0.15, 0.2) is 0 Å². The van der Waals surface area contributed by atoms with Crippen LogP contribution in [-0.2, 0) is 0 Å². The van der Waals surface area contributed by atoms with E-state index in [-0.39, 0.29) is 0 Å². The predicted molar refractivity (Wildman–Crippen MR) is 66.1 cm³/mol. The average molecular weight is 214 g/mol. The molecule has 1 heterocycles. The molecule has 0 aromatic rings. The Morgan fingerprint density at radius 1 is 1.50 bits per heavy atom. The standard InChI is InChI=1S/C11H22N2S/c1-4-11-8-13(6-5-12(11)3)7-10(2)9-14/h11,14H,2,4-9H2,1,3H3. The molecule has 14 heavy (non-hydrogen) atoms. The van der Waals surface area contributed by atoms with Gasteiger partial charge in [-0.3, -0.25) is 4.90 Å². The van der Waals surface area contributed by atoms with Crippen LogP contribution < -0.4 is 0 Å². The summed E-state index contributed by atoms with van der Waals surface area (Å²) in [5.41, 5.74) is 1.23. The maximum Gasteiger partial charge on any atom is 0.0218 e. The zero-order valence-corrected chi connectivity index (χ0v) is 10.3. The van der Waals surface area contributed by atoms with Gasteiger partial charge in [0.25, 0.3) is 0 Å². The van der Waals surface area contributed by atoms with E-state index in [9.17, 15) is 0 Å². The Hall–Kier alpha value is 0.01000. The molecule has 0 aliphatic carbocycles. The number of nitrogens with zero attached hydrogens (tertiary/aromatic N) is 2. The molecule has 1 saturated heterocycles. The highest BCUT2D eigenvalue weighted by molar-refractivity contribution is 7.80. The number of rotatable bonds is 4. The lowest BCUT2D eigenvalue weighted by molar-refractivity contribution is 0.100. The first kappa shape index (κ1) is 12.1. The molecular weight excluding hydrogens is 192 g/mol. The van der Waals surface area contributed by atoms with Gasteiger partial charge < -0.3 is 4.90 Å². The zero-order valence-electron chi connectivity index (χ0n) is 9.37. The summed E-state index contributed by atoms with van der Waals surface area (Å²) in [6.45, 7) is 10.8. The molecule has 0 N–H and O–H groups in total. The summed E-state index contributed by atoms with van der Waals surface area (Å²) in [5, 5.41) is 0. The third-order valence-electron chi connectivity index (χ3n) is 3.00. The van der Waals surface area contributed by atoms with Crippen LogP contribution in [0, 0.1) is 0 Å². The van der Waals surface area contributed by atoms with Gasteiger partial charge in [0.05, 0.1) is 0 Å². The van der Waals surface area contributed by atoms with E-state index in [1.807, 2.05) is 0 Å². The molecule has 1 unspecified atom stereocenters. The summed E-state index contributed by atoms with van der Waals surface area (Å²) >= 11 is 4.24. The molecule has 1 aliphatic rings. The lowest BCUT2D eigenvalue weighted by Crippen LogP contribution is -2.51. The van der Waals surface area contributed by atoms with Crippen LogP contribution >= 0.6 is 12.6 Å². The van der Waals surface area contributed by atoms with Crippen LogP contribution in [0.4, 0.5) is 0 Å². The Labute approximate surface area is 93.4 Å². The first-order valence-electron chi connectivity index (χ1n) is 5.37. The normalized spacial score (nSPS) is 25.2. The van der Waals surface area contributed by atoms with Gasteiger partial charge in [0.2, 0.25) is 0 Å². The lowest BCUT2D eigenvalue weighted by atomic mass is 10.1. The van der Waals surface area contributed by atoms with Crippen LogP contribution in [0.1, 0.15) is 13.3 Å². The molecule has 1 fully saturated rings. The quantitative estimate of drug-likeness (QED) is 0.560. The van der Waals surface area contributed by atoms with E-state index in [4.69, 9.17) is 0 Å². The molecule has 2 nitrogen and oxygen atoms in total. The van der Waals surface area contributed by atoms with Crippen molar-refractivity contribution in [1.29, 1.82) is 0 Å². The summed E-state index contributed by atoms with van der Waals surface area (Å²) in [6, 6.07) is 0.719. The molecule has 0 radical (unpaired) electrons. The highest BCUT2D eigenvalue weighted by Gasteiger charge is 2.22. The van der Waals surface area contributed by atoms with Crippen molar-refractivity contribution in [3.63, 3.8) is 0 Å². The van der Waals surface area contributed by atoms with E-state index in [0.717, 1.165) is 18.3 Å². The van der Waals surface area contributed by atoms with E-state index in [2.05, 4.69) is 43.0 Å². The van der Waals surface area contributed by atoms with E-state index in [0.29, 0.717) is 0 Å². The zero-order chi connectivity index (χ0) is 10.6. The molecule has 3 heteroatoms. The maximum absolute atomic E-state index is 4.24. The molecule has 0 spiro atoms. The molecule has 1 aliphatic heterocycles. The minimum absolute atomic E-state index is 0.719. The summed E-state index contributed by atoms with van der Waals surface area (Å²) < 4.78 is 0. The van der Waals surface area contributed by atoms with Crippen molar-refractivity contribution in [2.24, 2.45) is 0 Å². The highest BCUT2D eigenvalue weighted by atomic mass is 32.1. The van der Waals surface area contributed by atoms with Crippen molar-refractivity contribution in [3.8, 4) is 0 Å². The molecule has 82 valence electrons. The SMILES string of the molecule is C=C(CS)CN1CCN(C)C(CC)C1. The number of likely N-dealkylation sites (N-methyl/N-ethyl adjacent to an activating group) is 1. The molecule has 0 amide bonds. The first-order valence-corrected chi connectivity index (χ1v) is 6.00. The van der Waals surface area contributed by atoms with Crippen LogP contribution in [0.15, 0.2) is 12.2 Å². The summed E-state index contributed by atoms with van der Waals surface area (Å²) in [4.78, 5) is 4.95. The number of hydrogen-bond donors (Lipinski definition) is 1. The van der Waals surface area contributed by atoms with Gasteiger partial charge in [-0.25, -0.2) is 0 Å². The Morgan fingerprint density at radius 3 is 2.79 bits per heavy atom. The monoisotopic (exact) mass is 214 g/mol. The molecule has 1 rings (SSSR count). The van der Waals surface area contributed by atoms with Crippen molar-refractivity contribution in [2.75, 3.05) is 39.0 Å². The van der Waals surface area contributed by atoms with Crippen molar-refractivity contribution in [1.82, 2.24) is 9.80 Å². The maximum atomic E-state index is 4.24. The van der Waals surface area contributed by atoms with Crippen molar-refractivity contribution in [3.05, 3.63) is 12.2 Å².